The van der Waals surface area contributed by atoms with Gasteiger partial charge in [0.1, 0.15) is 12.1 Å². The van der Waals surface area contributed by atoms with Crippen LogP contribution in [0, 0.1) is 5.41 Å². The summed E-state index contributed by atoms with van der Waals surface area (Å²) in [6.45, 7) is 11.5. The molecule has 0 radical (unpaired) electrons. The lowest BCUT2D eigenvalue weighted by molar-refractivity contribution is -0.150. The lowest BCUT2D eigenvalue weighted by Crippen LogP contribution is -2.42. The van der Waals surface area contributed by atoms with Crippen LogP contribution in [0.4, 0.5) is 9.59 Å². The summed E-state index contributed by atoms with van der Waals surface area (Å²) >= 11 is 0. The first-order valence-corrected chi connectivity index (χ1v) is 12.3. The fraction of sp³-hybridized carbons (Fsp3) is 0.615. The average molecular weight is 526 g/mol. The Balaban J connectivity index is 2.94. The molecular weight excluding hydrogens is 486 g/mol. The molecular formula is C26H39NO10. The standard InChI is InChI=1S/C26H39NO10/c1-7-11-33-24(31)36-20-10-9-18(14-21(20)37-25(32)34-12-8-2)13-19(23(29)30)27-16-17(3)35-22(28)15-26(4,5)6/h9-10,14,17,19,27H,7-8,11-13,15-16H2,1-6H3,(H,29,30)/t17?,19-/m0/s1. The molecule has 0 fully saturated rings. The van der Waals surface area contributed by atoms with Gasteiger partial charge in [-0.25, -0.2) is 9.59 Å². The predicted molar refractivity (Wildman–Crippen MR) is 134 cm³/mol. The Morgan fingerprint density at radius 3 is 2.03 bits per heavy atom. The molecule has 11 heteroatoms. The molecule has 1 aromatic rings. The number of nitrogens with one attached hydrogen (secondary N) is 1. The van der Waals surface area contributed by atoms with E-state index in [1.165, 1.54) is 18.2 Å². The number of aliphatic carboxylic acids is 1. The molecule has 0 amide bonds. The minimum atomic E-state index is -1.12. The van der Waals surface area contributed by atoms with Crippen molar-refractivity contribution >= 4 is 24.2 Å². The van der Waals surface area contributed by atoms with Gasteiger partial charge in [0.15, 0.2) is 11.5 Å². The van der Waals surface area contributed by atoms with Crippen LogP contribution in [0.3, 0.4) is 0 Å². The third-order valence-corrected chi connectivity index (χ3v) is 4.64. The third kappa shape index (κ3) is 13.5. The maximum absolute atomic E-state index is 12.0. The molecule has 11 nitrogen and oxygen atoms in total. The van der Waals surface area contributed by atoms with Gasteiger partial charge in [-0.2, -0.15) is 0 Å². The average Bonchev–Trinajstić information content (AvgIpc) is 2.79. The molecule has 0 spiro atoms. The van der Waals surface area contributed by atoms with Gasteiger partial charge in [0.05, 0.1) is 19.6 Å². The van der Waals surface area contributed by atoms with Crippen LogP contribution in [-0.4, -0.2) is 61.3 Å². The molecule has 0 bridgehead atoms. The quantitative estimate of drug-likeness (QED) is 0.201. The Morgan fingerprint density at radius 2 is 1.51 bits per heavy atom. The van der Waals surface area contributed by atoms with Crippen molar-refractivity contribution in [3.63, 3.8) is 0 Å². The molecule has 208 valence electrons. The van der Waals surface area contributed by atoms with E-state index in [0.717, 1.165) is 0 Å². The van der Waals surface area contributed by atoms with Crippen molar-refractivity contribution in [1.29, 1.82) is 0 Å². The SMILES string of the molecule is CCCOC(=O)Oc1ccc(C[C@H](NCC(C)OC(=O)CC(C)(C)C)C(=O)O)cc1OC(=O)OCCC. The molecule has 2 N–H and O–H groups in total. The molecule has 0 aromatic heterocycles. The van der Waals surface area contributed by atoms with Gasteiger partial charge in [-0.1, -0.05) is 40.7 Å². The molecule has 0 aliphatic carbocycles. The molecule has 0 saturated carbocycles. The summed E-state index contributed by atoms with van der Waals surface area (Å²) in [4.78, 5) is 47.8. The van der Waals surface area contributed by atoms with E-state index < -0.39 is 30.4 Å². The number of esters is 1. The van der Waals surface area contributed by atoms with Crippen LogP contribution in [0.5, 0.6) is 11.5 Å². The van der Waals surface area contributed by atoms with Crippen molar-refractivity contribution in [2.75, 3.05) is 19.8 Å². The number of benzene rings is 1. The number of carbonyl (C=O) groups is 4. The molecule has 0 heterocycles. The van der Waals surface area contributed by atoms with E-state index in [1.54, 1.807) is 6.92 Å². The lowest BCUT2D eigenvalue weighted by atomic mass is 9.92. The topological polar surface area (TPSA) is 147 Å². The highest BCUT2D eigenvalue weighted by atomic mass is 16.7. The number of carboxylic acids is 1. The fourth-order valence-electron chi connectivity index (χ4n) is 2.98. The van der Waals surface area contributed by atoms with Crippen LogP contribution in [0.15, 0.2) is 18.2 Å². The van der Waals surface area contributed by atoms with Crippen molar-refractivity contribution in [2.45, 2.75) is 79.4 Å². The van der Waals surface area contributed by atoms with Crippen LogP contribution in [0.25, 0.3) is 0 Å². The van der Waals surface area contributed by atoms with Crippen LogP contribution < -0.4 is 14.8 Å². The molecule has 1 unspecified atom stereocenters. The highest BCUT2D eigenvalue weighted by Gasteiger charge is 2.23. The normalized spacial score (nSPS) is 12.7. The number of carbonyl (C=O) groups excluding carboxylic acids is 3. The van der Waals surface area contributed by atoms with E-state index in [4.69, 9.17) is 23.7 Å². The molecule has 1 rings (SSSR count). The molecule has 37 heavy (non-hydrogen) atoms. The van der Waals surface area contributed by atoms with Crippen LogP contribution in [0.1, 0.15) is 66.4 Å². The first-order valence-electron chi connectivity index (χ1n) is 12.3. The second-order valence-electron chi connectivity index (χ2n) is 9.72. The first-order chi connectivity index (χ1) is 17.3. The van der Waals surface area contributed by atoms with Gasteiger partial charge in [0, 0.05) is 6.54 Å². The number of carboxylic acid groups (broad SMARTS) is 1. The highest BCUT2D eigenvalue weighted by Crippen LogP contribution is 2.30. The van der Waals surface area contributed by atoms with Crippen LogP contribution in [-0.2, 0) is 30.2 Å². The van der Waals surface area contributed by atoms with Gasteiger partial charge >= 0.3 is 24.2 Å². The molecule has 0 aliphatic rings. The van der Waals surface area contributed by atoms with Gasteiger partial charge in [0.2, 0.25) is 0 Å². The third-order valence-electron chi connectivity index (χ3n) is 4.64. The first kappa shape index (κ1) is 31.7. The monoisotopic (exact) mass is 525 g/mol. The van der Waals surface area contributed by atoms with Crippen molar-refractivity contribution in [3.05, 3.63) is 23.8 Å². The zero-order valence-corrected chi connectivity index (χ0v) is 22.5. The summed E-state index contributed by atoms with van der Waals surface area (Å²) in [7, 11) is 0. The zero-order chi connectivity index (χ0) is 28.0. The smallest absolute Gasteiger partial charge is 0.480 e. The maximum atomic E-state index is 12.0. The van der Waals surface area contributed by atoms with Crippen molar-refractivity contribution in [2.24, 2.45) is 5.41 Å². The Labute approximate surface area is 217 Å². The van der Waals surface area contributed by atoms with Crippen LogP contribution >= 0.6 is 0 Å². The molecule has 0 aliphatic heterocycles. The lowest BCUT2D eigenvalue weighted by Gasteiger charge is -2.21. The molecule has 0 saturated heterocycles. The van der Waals surface area contributed by atoms with E-state index in [2.05, 4.69) is 5.32 Å². The van der Waals surface area contributed by atoms with E-state index in [9.17, 15) is 24.3 Å². The van der Waals surface area contributed by atoms with Gasteiger partial charge in [-0.15, -0.1) is 0 Å². The van der Waals surface area contributed by atoms with Crippen LogP contribution in [0.2, 0.25) is 0 Å². The number of hydrogen-bond donors (Lipinski definition) is 2. The molecule has 2 atom stereocenters. The zero-order valence-electron chi connectivity index (χ0n) is 22.5. The van der Waals surface area contributed by atoms with Crippen molar-refractivity contribution in [3.8, 4) is 11.5 Å². The van der Waals surface area contributed by atoms with E-state index in [1.807, 2.05) is 34.6 Å². The summed E-state index contributed by atoms with van der Waals surface area (Å²) in [5.74, 6) is -1.70. The Morgan fingerprint density at radius 1 is 0.946 bits per heavy atom. The van der Waals surface area contributed by atoms with Gasteiger partial charge in [0.25, 0.3) is 0 Å². The largest absolute Gasteiger partial charge is 0.513 e. The Bertz CT molecular complexity index is 909. The second-order valence-corrected chi connectivity index (χ2v) is 9.72. The highest BCUT2D eigenvalue weighted by molar-refractivity contribution is 5.74. The summed E-state index contributed by atoms with van der Waals surface area (Å²) in [5.41, 5.74) is 0.254. The summed E-state index contributed by atoms with van der Waals surface area (Å²) in [6, 6.07) is 3.27. The van der Waals surface area contributed by atoms with Gasteiger partial charge in [-0.05, 0) is 49.3 Å². The minimum Gasteiger partial charge on any atom is -0.480 e. The van der Waals surface area contributed by atoms with E-state index in [-0.39, 0.29) is 55.5 Å². The van der Waals surface area contributed by atoms with Gasteiger partial charge < -0.3 is 34.1 Å². The fourth-order valence-corrected chi connectivity index (χ4v) is 2.98. The summed E-state index contributed by atoms with van der Waals surface area (Å²) in [6.07, 6.45) is -1.10. The van der Waals surface area contributed by atoms with Gasteiger partial charge in [-0.3, -0.25) is 9.59 Å². The Kier molecular flexibility index (Phi) is 13.4. The molecule has 1 aromatic carbocycles. The number of ether oxygens (including phenoxy) is 5. The summed E-state index contributed by atoms with van der Waals surface area (Å²) < 4.78 is 25.5. The number of hydrogen-bond acceptors (Lipinski definition) is 10. The van der Waals surface area contributed by atoms with E-state index >= 15 is 0 Å². The van der Waals surface area contributed by atoms with Crippen molar-refractivity contribution in [1.82, 2.24) is 5.32 Å². The summed E-state index contributed by atoms with van der Waals surface area (Å²) in [5, 5.41) is 12.6. The number of rotatable bonds is 14. The predicted octanol–water partition coefficient (Wildman–Crippen LogP) is 4.49. The second kappa shape index (κ2) is 15.7. The Hall–Kier alpha value is -3.34. The van der Waals surface area contributed by atoms with E-state index in [0.29, 0.717) is 18.4 Å². The maximum Gasteiger partial charge on any atom is 0.513 e. The van der Waals surface area contributed by atoms with Crippen molar-refractivity contribution < 1.29 is 48.0 Å². The minimum absolute atomic E-state index is 0.00107.